The molecule has 2 aromatic heterocycles. The molecule has 0 saturated heterocycles. The highest BCUT2D eigenvalue weighted by Crippen LogP contribution is 2.38. The van der Waals surface area contributed by atoms with Gasteiger partial charge in [-0.05, 0) is 90.1 Å². The van der Waals surface area contributed by atoms with Crippen LogP contribution in [0.15, 0.2) is 188 Å². The van der Waals surface area contributed by atoms with E-state index >= 15 is 0 Å². The molecule has 2 heterocycles. The van der Waals surface area contributed by atoms with E-state index in [1.54, 1.807) is 6.20 Å². The van der Waals surface area contributed by atoms with Gasteiger partial charge in [-0.25, -0.2) is 9.97 Å². The van der Waals surface area contributed by atoms with Crippen molar-refractivity contribution in [3.8, 4) is 56.2 Å². The molecule has 0 bridgehead atoms. The first kappa shape index (κ1) is 29.9. The monoisotopic (exact) mass is 661 g/mol. The van der Waals surface area contributed by atoms with Crippen molar-refractivity contribution in [3.05, 3.63) is 188 Å². The van der Waals surface area contributed by atoms with E-state index in [2.05, 4.69) is 175 Å². The summed E-state index contributed by atoms with van der Waals surface area (Å²) in [4.78, 5) is 14.9. The molecule has 0 aliphatic rings. The van der Waals surface area contributed by atoms with Gasteiger partial charge in [-0.15, -0.1) is 0 Å². The van der Waals surface area contributed by atoms with Crippen LogP contribution < -0.4 is 0 Å². The summed E-state index contributed by atoms with van der Waals surface area (Å²) in [5.74, 6) is 0.692. The van der Waals surface area contributed by atoms with E-state index in [4.69, 9.17) is 9.97 Å². The highest BCUT2D eigenvalue weighted by Gasteiger charge is 2.15. The van der Waals surface area contributed by atoms with E-state index in [0.717, 1.165) is 39.2 Å². The maximum Gasteiger partial charge on any atom is 0.160 e. The Bertz CT molecular complexity index is 2910. The second-order valence-corrected chi connectivity index (χ2v) is 13.3. The first-order valence-corrected chi connectivity index (χ1v) is 17.6. The molecule has 0 saturated carbocycles. The van der Waals surface area contributed by atoms with E-state index in [1.807, 2.05) is 12.3 Å². The zero-order chi connectivity index (χ0) is 34.4. The zero-order valence-electron chi connectivity index (χ0n) is 28.2. The van der Waals surface area contributed by atoms with Gasteiger partial charge < -0.3 is 0 Å². The quantitative estimate of drug-likeness (QED) is 0.172. The molecule has 0 fully saturated rings. The summed E-state index contributed by atoms with van der Waals surface area (Å²) in [5, 5.41) is 9.88. The first-order chi connectivity index (χ1) is 25.7. The summed E-state index contributed by atoms with van der Waals surface area (Å²) in [6, 6.07) is 62.6. The Morgan fingerprint density at radius 3 is 1.58 bits per heavy atom. The van der Waals surface area contributed by atoms with Gasteiger partial charge in [0.2, 0.25) is 0 Å². The van der Waals surface area contributed by atoms with Crippen molar-refractivity contribution < 1.29 is 0 Å². The van der Waals surface area contributed by atoms with Crippen LogP contribution in [0.4, 0.5) is 0 Å². The van der Waals surface area contributed by atoms with Crippen LogP contribution in [-0.4, -0.2) is 15.0 Å². The largest absolute Gasteiger partial charge is 0.264 e. The van der Waals surface area contributed by atoms with Crippen LogP contribution in [0.3, 0.4) is 0 Å². The number of nitrogens with zero attached hydrogens (tertiary/aromatic N) is 3. The second-order valence-electron chi connectivity index (χ2n) is 13.3. The van der Waals surface area contributed by atoms with Crippen molar-refractivity contribution in [2.45, 2.75) is 0 Å². The lowest BCUT2D eigenvalue weighted by atomic mass is 9.93. The Hall–Kier alpha value is -6.97. The Balaban J connectivity index is 1.14. The number of benzene rings is 8. The molecule has 0 amide bonds. The van der Waals surface area contributed by atoms with Crippen LogP contribution in [0, 0.1) is 0 Å². The highest BCUT2D eigenvalue weighted by atomic mass is 14.9. The Morgan fingerprint density at radius 2 is 0.846 bits per heavy atom. The third-order valence-electron chi connectivity index (χ3n) is 10.1. The second kappa shape index (κ2) is 12.4. The Labute approximate surface area is 301 Å². The Kier molecular flexibility index (Phi) is 7.14. The van der Waals surface area contributed by atoms with Gasteiger partial charge in [0, 0.05) is 34.6 Å². The third-order valence-corrected chi connectivity index (χ3v) is 10.1. The van der Waals surface area contributed by atoms with Gasteiger partial charge in [0.15, 0.2) is 5.82 Å². The van der Waals surface area contributed by atoms with Crippen LogP contribution in [0.5, 0.6) is 0 Å². The van der Waals surface area contributed by atoms with Crippen LogP contribution in [-0.2, 0) is 0 Å². The summed E-state index contributed by atoms with van der Waals surface area (Å²) >= 11 is 0. The summed E-state index contributed by atoms with van der Waals surface area (Å²) in [5.41, 5.74) is 9.30. The molecule has 10 rings (SSSR count). The van der Waals surface area contributed by atoms with Crippen molar-refractivity contribution in [3.63, 3.8) is 0 Å². The van der Waals surface area contributed by atoms with Gasteiger partial charge in [-0.3, -0.25) is 4.98 Å². The van der Waals surface area contributed by atoms with Crippen LogP contribution >= 0.6 is 0 Å². The molecule has 3 nitrogen and oxygen atoms in total. The molecule has 10 aromatic rings. The van der Waals surface area contributed by atoms with Crippen LogP contribution in [0.1, 0.15) is 0 Å². The number of rotatable bonds is 5. The topological polar surface area (TPSA) is 38.7 Å². The average Bonchev–Trinajstić information content (AvgIpc) is 3.23. The maximum atomic E-state index is 5.25. The molecule has 0 aliphatic heterocycles. The minimum atomic E-state index is 0.692. The fourth-order valence-electron chi connectivity index (χ4n) is 7.51. The molecule has 0 aliphatic carbocycles. The summed E-state index contributed by atoms with van der Waals surface area (Å²) < 4.78 is 0. The number of aromatic nitrogens is 3. The molecule has 0 N–H and O–H groups in total. The molecule has 0 radical (unpaired) electrons. The first-order valence-electron chi connectivity index (χ1n) is 17.6. The van der Waals surface area contributed by atoms with Crippen molar-refractivity contribution in [2.75, 3.05) is 0 Å². The number of pyridine rings is 1. The average molecular weight is 662 g/mol. The van der Waals surface area contributed by atoms with Crippen molar-refractivity contribution in [1.29, 1.82) is 0 Å². The molecule has 8 aromatic carbocycles. The van der Waals surface area contributed by atoms with E-state index in [1.165, 1.54) is 54.2 Å². The minimum Gasteiger partial charge on any atom is -0.264 e. The molecule has 3 heteroatoms. The molecular formula is C49H31N3. The molecule has 52 heavy (non-hydrogen) atoms. The molecule has 0 unspecified atom stereocenters. The van der Waals surface area contributed by atoms with Gasteiger partial charge >= 0.3 is 0 Å². The molecule has 0 atom stereocenters. The van der Waals surface area contributed by atoms with Crippen LogP contribution in [0.25, 0.3) is 99.2 Å². The molecular weight excluding hydrogens is 631 g/mol. The fraction of sp³-hybridized carbons (Fsp3) is 0. The zero-order valence-corrected chi connectivity index (χ0v) is 28.2. The highest BCUT2D eigenvalue weighted by molar-refractivity contribution is 6.25. The molecule has 0 spiro atoms. The maximum absolute atomic E-state index is 5.25. The normalized spacial score (nSPS) is 11.5. The van der Waals surface area contributed by atoms with Gasteiger partial charge in [0.1, 0.15) is 0 Å². The number of fused-ring (bicyclic) bond motifs is 7. The smallest absolute Gasteiger partial charge is 0.160 e. The minimum absolute atomic E-state index is 0.692. The van der Waals surface area contributed by atoms with Crippen molar-refractivity contribution >= 4 is 43.1 Å². The van der Waals surface area contributed by atoms with Gasteiger partial charge in [-0.2, -0.15) is 0 Å². The van der Waals surface area contributed by atoms with E-state index in [-0.39, 0.29) is 0 Å². The fourth-order valence-corrected chi connectivity index (χ4v) is 7.51. The van der Waals surface area contributed by atoms with E-state index in [9.17, 15) is 0 Å². The summed E-state index contributed by atoms with van der Waals surface area (Å²) in [6.45, 7) is 0. The summed E-state index contributed by atoms with van der Waals surface area (Å²) in [6.07, 6.45) is 3.70. The number of hydrogen-bond acceptors (Lipinski definition) is 3. The van der Waals surface area contributed by atoms with E-state index < -0.39 is 0 Å². The lowest BCUT2D eigenvalue weighted by Crippen LogP contribution is -1.96. The summed E-state index contributed by atoms with van der Waals surface area (Å²) in [7, 11) is 0. The van der Waals surface area contributed by atoms with E-state index in [0.29, 0.717) is 5.82 Å². The molecule has 242 valence electrons. The predicted octanol–water partition coefficient (Wildman–Crippen LogP) is 12.8. The van der Waals surface area contributed by atoms with Crippen molar-refractivity contribution in [1.82, 2.24) is 15.0 Å². The van der Waals surface area contributed by atoms with Gasteiger partial charge in [0.25, 0.3) is 0 Å². The SMILES string of the molecule is c1cncc(-c2cccc(-c3cc(-c4ccc(-c5ccc6ccccc6c5)cc4)nc(-c4ccc5c6ccccc6c6ccccc6c5c4)n3)c2)c1. The van der Waals surface area contributed by atoms with Crippen molar-refractivity contribution in [2.24, 2.45) is 0 Å². The third kappa shape index (κ3) is 5.28. The van der Waals surface area contributed by atoms with Gasteiger partial charge in [0.05, 0.1) is 11.4 Å². The standard InChI is InChI=1S/C49H31N3/c1-2-10-35-27-37(23-20-32(35)9-1)33-18-21-34(22-19-33)47-30-48(38-12-7-11-36(28-38)40-13-8-26-50-31-40)52-49(51-47)39-24-25-45-43-16-4-3-14-41(43)42-15-5-6-17-44(42)46(45)29-39/h1-31H. The lowest BCUT2D eigenvalue weighted by molar-refractivity contribution is 1.18. The number of hydrogen-bond donors (Lipinski definition) is 0. The lowest BCUT2D eigenvalue weighted by Gasteiger charge is -2.13. The predicted molar refractivity (Wildman–Crippen MR) is 217 cm³/mol. The van der Waals surface area contributed by atoms with Crippen LogP contribution in [0.2, 0.25) is 0 Å². The van der Waals surface area contributed by atoms with Gasteiger partial charge in [-0.1, -0.05) is 146 Å². The Morgan fingerprint density at radius 1 is 0.288 bits per heavy atom.